The average molecular weight is 1070 g/mol. The molecule has 9 nitrogen and oxygen atoms in total. The lowest BCUT2D eigenvalue weighted by molar-refractivity contribution is -0.161. The van der Waals surface area contributed by atoms with Gasteiger partial charge in [0.2, 0.25) is 0 Å². The molecule has 0 spiro atoms. The first-order valence-electron chi connectivity index (χ1n) is 31.1. The Balaban J connectivity index is 3.78. The molecule has 0 aliphatic rings. The van der Waals surface area contributed by atoms with Gasteiger partial charge in [-0.1, -0.05) is 272 Å². The molecule has 2 unspecified atom stereocenters. The first-order valence-corrected chi connectivity index (χ1v) is 32.6. The van der Waals surface area contributed by atoms with E-state index in [0.717, 1.165) is 96.3 Å². The number of hydrogen-bond acceptors (Lipinski definition) is 8. The molecule has 0 saturated carbocycles. The molecule has 75 heavy (non-hydrogen) atoms. The lowest BCUT2D eigenvalue weighted by atomic mass is 10.0. The average Bonchev–Trinajstić information content (AvgIpc) is 3.40. The van der Waals surface area contributed by atoms with Crippen LogP contribution in [0.2, 0.25) is 0 Å². The molecule has 3 N–H and O–H groups in total. The van der Waals surface area contributed by atoms with E-state index in [9.17, 15) is 19.0 Å². The Morgan fingerprint density at radius 1 is 0.400 bits per heavy atom. The molecule has 0 aromatic heterocycles. The summed E-state index contributed by atoms with van der Waals surface area (Å²) in [6, 6.07) is 0. The van der Waals surface area contributed by atoms with Crippen LogP contribution in [0.1, 0.15) is 284 Å². The minimum Gasteiger partial charge on any atom is -0.462 e. The Labute approximate surface area is 462 Å². The van der Waals surface area contributed by atoms with Crippen molar-refractivity contribution in [2.75, 3.05) is 26.4 Å². The van der Waals surface area contributed by atoms with Crippen molar-refractivity contribution in [3.05, 3.63) is 85.1 Å². The van der Waals surface area contributed by atoms with Gasteiger partial charge in [0.15, 0.2) is 6.10 Å². The second-order valence-corrected chi connectivity index (χ2v) is 22.0. The summed E-state index contributed by atoms with van der Waals surface area (Å²) in [5.74, 6) is -0.840. The maximum atomic E-state index is 12.7. The number of esters is 2. The fourth-order valence-corrected chi connectivity index (χ4v) is 9.53. The van der Waals surface area contributed by atoms with Crippen LogP contribution < -0.4 is 5.73 Å². The Kier molecular flexibility index (Phi) is 58.2. The van der Waals surface area contributed by atoms with Crippen LogP contribution in [0.15, 0.2) is 85.1 Å². The third-order valence-electron chi connectivity index (χ3n) is 13.3. The number of unbranched alkanes of at least 4 members (excludes halogenated alkanes) is 31. The highest BCUT2D eigenvalue weighted by atomic mass is 31.2. The molecule has 2 atom stereocenters. The van der Waals surface area contributed by atoms with E-state index in [1.807, 2.05) is 0 Å². The van der Waals surface area contributed by atoms with E-state index >= 15 is 0 Å². The monoisotopic (exact) mass is 1070 g/mol. The van der Waals surface area contributed by atoms with Gasteiger partial charge in [-0.05, 0) is 83.5 Å². The van der Waals surface area contributed by atoms with Gasteiger partial charge in [0.25, 0.3) is 0 Å². The van der Waals surface area contributed by atoms with Crippen molar-refractivity contribution >= 4 is 19.8 Å². The van der Waals surface area contributed by atoms with Crippen molar-refractivity contribution in [3.8, 4) is 0 Å². The summed E-state index contributed by atoms with van der Waals surface area (Å²) in [5.41, 5.74) is 5.38. The number of phosphoric ester groups is 1. The summed E-state index contributed by atoms with van der Waals surface area (Å²) in [6.07, 6.45) is 79.7. The third kappa shape index (κ3) is 60.3. The maximum absolute atomic E-state index is 12.7. The number of rotatable bonds is 58. The highest BCUT2D eigenvalue weighted by molar-refractivity contribution is 7.47. The maximum Gasteiger partial charge on any atom is 0.472 e. The molecule has 0 saturated heterocycles. The molecule has 0 aromatic rings. The highest BCUT2D eigenvalue weighted by Gasteiger charge is 2.26. The summed E-state index contributed by atoms with van der Waals surface area (Å²) in [5, 5.41) is 0. The van der Waals surface area contributed by atoms with Crippen molar-refractivity contribution in [3.63, 3.8) is 0 Å². The predicted octanol–water partition coefficient (Wildman–Crippen LogP) is 19.9. The van der Waals surface area contributed by atoms with E-state index in [1.165, 1.54) is 148 Å². The number of nitrogens with two attached hydrogens (primary N) is 1. The summed E-state index contributed by atoms with van der Waals surface area (Å²) in [7, 11) is -4.39. The smallest absolute Gasteiger partial charge is 0.462 e. The second kappa shape index (κ2) is 60.4. The zero-order valence-corrected chi connectivity index (χ0v) is 49.4. The summed E-state index contributed by atoms with van der Waals surface area (Å²) in [4.78, 5) is 35.1. The van der Waals surface area contributed by atoms with Crippen molar-refractivity contribution < 1.29 is 37.6 Å². The first kappa shape index (κ1) is 72.2. The van der Waals surface area contributed by atoms with E-state index in [0.29, 0.717) is 12.8 Å². The van der Waals surface area contributed by atoms with Gasteiger partial charge in [-0.2, -0.15) is 0 Å². The molecule has 10 heteroatoms. The van der Waals surface area contributed by atoms with Crippen molar-refractivity contribution in [2.24, 2.45) is 5.73 Å². The Morgan fingerprint density at radius 3 is 1.03 bits per heavy atom. The minimum absolute atomic E-state index is 0.0496. The zero-order chi connectivity index (χ0) is 54.5. The van der Waals surface area contributed by atoms with Gasteiger partial charge >= 0.3 is 19.8 Å². The SMILES string of the molecule is CC/C=C\C/C=C\C/C=C\C/C=C\CCCCCCCCCCCCCCCCCCCCCCCCCCCCC(=O)OC(COC(=O)CCCCCCC/C=C\C/C=C\C/C=C\CC)COP(=O)(O)OCCN. The molecule has 0 aliphatic carbocycles. The Morgan fingerprint density at radius 2 is 0.693 bits per heavy atom. The predicted molar refractivity (Wildman–Crippen MR) is 321 cm³/mol. The largest absolute Gasteiger partial charge is 0.472 e. The van der Waals surface area contributed by atoms with Gasteiger partial charge in [-0.15, -0.1) is 0 Å². The van der Waals surface area contributed by atoms with Gasteiger partial charge in [0.05, 0.1) is 13.2 Å². The lowest BCUT2D eigenvalue weighted by Gasteiger charge is -2.19. The quantitative estimate of drug-likeness (QED) is 0.0264. The van der Waals surface area contributed by atoms with Gasteiger partial charge in [-0.3, -0.25) is 18.6 Å². The molecule has 0 heterocycles. The first-order chi connectivity index (χ1) is 36.8. The fourth-order valence-electron chi connectivity index (χ4n) is 8.76. The topological polar surface area (TPSA) is 134 Å². The Hall–Kier alpha value is -2.81. The molecule has 0 aromatic carbocycles. The minimum atomic E-state index is -4.39. The van der Waals surface area contributed by atoms with Crippen LogP contribution >= 0.6 is 7.82 Å². The highest BCUT2D eigenvalue weighted by Crippen LogP contribution is 2.43. The van der Waals surface area contributed by atoms with Crippen LogP contribution in [0.5, 0.6) is 0 Å². The molecular formula is C65H116NO8P. The lowest BCUT2D eigenvalue weighted by Crippen LogP contribution is -2.29. The third-order valence-corrected chi connectivity index (χ3v) is 14.3. The van der Waals surface area contributed by atoms with Crippen molar-refractivity contribution in [2.45, 2.75) is 290 Å². The number of allylic oxidation sites excluding steroid dienone is 14. The normalized spacial score (nSPS) is 13.6. The van der Waals surface area contributed by atoms with Gasteiger partial charge in [0.1, 0.15) is 6.61 Å². The van der Waals surface area contributed by atoms with Gasteiger partial charge in [-0.25, -0.2) is 4.57 Å². The number of hydrogen-bond donors (Lipinski definition) is 2. The summed E-state index contributed by atoms with van der Waals surface area (Å²) in [6.45, 7) is 3.52. The molecule has 0 aliphatic heterocycles. The molecule has 0 fully saturated rings. The van der Waals surface area contributed by atoms with Crippen molar-refractivity contribution in [1.82, 2.24) is 0 Å². The second-order valence-electron chi connectivity index (χ2n) is 20.5. The fraction of sp³-hybridized carbons (Fsp3) is 0.754. The number of carbonyl (C=O) groups is 2. The molecule has 0 rings (SSSR count). The van der Waals surface area contributed by atoms with E-state index in [-0.39, 0.29) is 32.6 Å². The molecule has 434 valence electrons. The molecular weight excluding hydrogens is 954 g/mol. The molecule has 0 amide bonds. The number of phosphoric acid groups is 1. The zero-order valence-electron chi connectivity index (χ0n) is 48.5. The van der Waals surface area contributed by atoms with Crippen LogP contribution in [0, 0.1) is 0 Å². The van der Waals surface area contributed by atoms with E-state index in [1.54, 1.807) is 0 Å². The van der Waals surface area contributed by atoms with Crippen LogP contribution in [0.3, 0.4) is 0 Å². The van der Waals surface area contributed by atoms with Crippen LogP contribution in [0.4, 0.5) is 0 Å². The van der Waals surface area contributed by atoms with Crippen molar-refractivity contribution in [1.29, 1.82) is 0 Å². The van der Waals surface area contributed by atoms with E-state index in [4.69, 9.17) is 24.3 Å². The molecule has 0 bridgehead atoms. The van der Waals surface area contributed by atoms with Gasteiger partial charge in [0, 0.05) is 19.4 Å². The van der Waals surface area contributed by atoms with E-state index < -0.39 is 32.5 Å². The standard InChI is InChI=1S/C65H116NO8P/c1-3-5-7-9-11-13-15-17-19-20-21-22-23-24-25-26-27-28-29-30-31-32-33-34-35-36-37-38-39-40-41-42-44-46-48-50-52-54-56-58-65(68)74-63(62-73-75(69,70)72-60-59-66)61-71-64(67)57-55-53-51-49-47-45-43-18-16-14-12-10-8-6-4-2/h5-8,11-14,17-19,21-22,43,63H,3-4,9-10,15-16,20,23-42,44-62,66H2,1-2H3,(H,69,70)/b7-5-,8-6-,13-11-,14-12-,19-17-,22-21-,43-18-. The van der Waals surface area contributed by atoms with Gasteiger partial charge < -0.3 is 20.1 Å². The summed E-state index contributed by atoms with van der Waals surface area (Å²) < 4.78 is 33.0. The van der Waals surface area contributed by atoms with Crippen LogP contribution in [-0.2, 0) is 32.7 Å². The number of ether oxygens (including phenoxy) is 2. The summed E-state index contributed by atoms with van der Waals surface area (Å²) >= 11 is 0. The Bertz CT molecular complexity index is 1500. The number of carbonyl (C=O) groups excluding carboxylic acids is 2. The van der Waals surface area contributed by atoms with Crippen LogP contribution in [-0.4, -0.2) is 49.3 Å². The van der Waals surface area contributed by atoms with Crippen LogP contribution in [0.25, 0.3) is 0 Å². The molecule has 0 radical (unpaired) electrons. The van der Waals surface area contributed by atoms with E-state index in [2.05, 4.69) is 98.9 Å².